The quantitative estimate of drug-likeness (QED) is 0.833. The third-order valence-electron chi connectivity index (χ3n) is 4.42. The molecule has 7 heteroatoms. The highest BCUT2D eigenvalue weighted by atomic mass is 32.2. The van der Waals surface area contributed by atoms with Crippen molar-refractivity contribution >= 4 is 18.1 Å². The van der Waals surface area contributed by atoms with Gasteiger partial charge in [-0.2, -0.15) is 0 Å². The van der Waals surface area contributed by atoms with Gasteiger partial charge in [-0.1, -0.05) is 0 Å². The maximum absolute atomic E-state index is 12.5. The Balaban J connectivity index is 2.13. The van der Waals surface area contributed by atoms with Gasteiger partial charge in [-0.05, 0) is 60.6 Å². The number of nitrogens with one attached hydrogen (secondary N) is 1. The highest BCUT2D eigenvalue weighted by Gasteiger charge is 2.51. The summed E-state index contributed by atoms with van der Waals surface area (Å²) in [6, 6.07) is 3.47. The third-order valence-corrected chi connectivity index (χ3v) is 6.03. The zero-order valence-corrected chi connectivity index (χ0v) is 16.0. The van der Waals surface area contributed by atoms with Crippen molar-refractivity contribution in [1.29, 1.82) is 0 Å². The van der Waals surface area contributed by atoms with Gasteiger partial charge in [-0.25, -0.2) is 8.93 Å². The van der Waals surface area contributed by atoms with Gasteiger partial charge in [0, 0.05) is 6.32 Å². The zero-order chi connectivity index (χ0) is 17.5. The fourth-order valence-corrected chi connectivity index (χ4v) is 3.10. The van der Waals surface area contributed by atoms with Crippen molar-refractivity contribution in [2.45, 2.75) is 76.8 Å². The van der Waals surface area contributed by atoms with E-state index in [1.54, 1.807) is 6.26 Å². The Kier molecular flexibility index (Phi) is 5.17. The first-order valence-corrected chi connectivity index (χ1v) is 9.14. The summed E-state index contributed by atoms with van der Waals surface area (Å²) >= 11 is 0. The third kappa shape index (κ3) is 4.26. The maximum Gasteiger partial charge on any atom is 0.459 e. The van der Waals surface area contributed by atoms with E-state index in [4.69, 9.17) is 13.7 Å². The lowest BCUT2D eigenvalue weighted by Gasteiger charge is -2.32. The molecular weight excluding hydrogens is 313 g/mol. The van der Waals surface area contributed by atoms with Gasteiger partial charge in [0.2, 0.25) is 0 Å². The molecule has 0 unspecified atom stereocenters. The molecule has 1 fully saturated rings. The first-order chi connectivity index (χ1) is 10.4. The fraction of sp³-hybridized carbons (Fsp3) is 0.750. The Bertz CT molecular complexity index is 535. The average Bonchev–Trinajstić information content (AvgIpc) is 2.94. The lowest BCUT2D eigenvalue weighted by molar-refractivity contribution is 0.00578. The molecule has 1 aromatic heterocycles. The largest absolute Gasteiger partial charge is 0.468 e. The van der Waals surface area contributed by atoms with Crippen LogP contribution in [0.15, 0.2) is 22.8 Å². The van der Waals surface area contributed by atoms with Gasteiger partial charge in [0.05, 0.1) is 39.2 Å². The van der Waals surface area contributed by atoms with E-state index in [1.807, 2.05) is 60.6 Å². The van der Waals surface area contributed by atoms with Crippen molar-refractivity contribution in [3.05, 3.63) is 24.2 Å². The van der Waals surface area contributed by atoms with Crippen LogP contribution in [0.3, 0.4) is 0 Å². The van der Waals surface area contributed by atoms with Gasteiger partial charge in [0.25, 0.3) is 0 Å². The highest BCUT2D eigenvalue weighted by Crippen LogP contribution is 2.39. The standard InChI is InChI=1S/C16H28BNO4S/c1-14(2,3)23(19)18-12(13-9-8-10-20-13)11-17-21-15(4,5)16(6,7)22-17/h8-10,12,18H,11H2,1-7H3/t12-,23+/m0/s1. The van der Waals surface area contributed by atoms with E-state index in [-0.39, 0.29) is 29.1 Å². The lowest BCUT2D eigenvalue weighted by atomic mass is 9.80. The SMILES string of the molecule is CC(C)(C)[S@@](=O)N[C@@H](CB1OC(C)(C)C(C)(C)O1)c1ccco1. The van der Waals surface area contributed by atoms with E-state index < -0.39 is 11.0 Å². The molecule has 1 aromatic rings. The summed E-state index contributed by atoms with van der Waals surface area (Å²) in [6.07, 6.45) is 2.15. The summed E-state index contributed by atoms with van der Waals surface area (Å²) < 4.78 is 32.9. The number of furan rings is 1. The monoisotopic (exact) mass is 341 g/mol. The summed E-state index contributed by atoms with van der Waals surface area (Å²) in [7, 11) is -1.59. The Labute approximate surface area is 142 Å². The molecule has 1 aliphatic rings. The highest BCUT2D eigenvalue weighted by molar-refractivity contribution is 7.84. The van der Waals surface area contributed by atoms with Crippen molar-refractivity contribution in [3.8, 4) is 0 Å². The second-order valence-corrected chi connectivity index (χ2v) is 9.99. The van der Waals surface area contributed by atoms with Crippen molar-refractivity contribution in [2.24, 2.45) is 0 Å². The van der Waals surface area contributed by atoms with E-state index >= 15 is 0 Å². The van der Waals surface area contributed by atoms with Crippen molar-refractivity contribution in [2.75, 3.05) is 0 Å². The van der Waals surface area contributed by atoms with Crippen molar-refractivity contribution in [3.63, 3.8) is 0 Å². The molecule has 0 aliphatic carbocycles. The molecule has 0 aromatic carbocycles. The van der Waals surface area contributed by atoms with Crippen LogP contribution in [0.1, 0.15) is 60.3 Å². The average molecular weight is 341 g/mol. The first-order valence-electron chi connectivity index (χ1n) is 7.99. The number of rotatable bonds is 5. The molecule has 0 saturated carbocycles. The predicted octanol–water partition coefficient (Wildman–Crippen LogP) is 3.46. The molecule has 130 valence electrons. The van der Waals surface area contributed by atoms with Crippen LogP contribution in [-0.2, 0) is 20.3 Å². The van der Waals surface area contributed by atoms with Crippen LogP contribution < -0.4 is 4.72 Å². The molecule has 2 heterocycles. The Morgan fingerprint density at radius 3 is 2.22 bits per heavy atom. The summed E-state index contributed by atoms with van der Waals surface area (Å²) in [6.45, 7) is 13.9. The second-order valence-electron chi connectivity index (χ2n) is 7.99. The van der Waals surface area contributed by atoms with Crippen molar-refractivity contribution in [1.82, 2.24) is 4.72 Å². The minimum absolute atomic E-state index is 0.236. The summed E-state index contributed by atoms with van der Waals surface area (Å²) in [4.78, 5) is 0. The summed E-state index contributed by atoms with van der Waals surface area (Å²) in [5.41, 5.74) is -0.761. The smallest absolute Gasteiger partial charge is 0.459 e. The molecule has 2 atom stereocenters. The summed E-state index contributed by atoms with van der Waals surface area (Å²) in [5.74, 6) is 0.734. The van der Waals surface area contributed by atoms with Gasteiger partial charge in [-0.3, -0.25) is 0 Å². The van der Waals surface area contributed by atoms with Gasteiger partial charge < -0.3 is 13.7 Å². The Morgan fingerprint density at radius 1 is 1.22 bits per heavy atom. The molecule has 0 spiro atoms. The molecule has 0 amide bonds. The van der Waals surface area contributed by atoms with Gasteiger partial charge in [0.1, 0.15) is 5.76 Å². The van der Waals surface area contributed by atoms with Gasteiger partial charge in [-0.15, -0.1) is 0 Å². The fourth-order valence-electron chi connectivity index (χ4n) is 2.27. The van der Waals surface area contributed by atoms with Crippen LogP contribution in [0.4, 0.5) is 0 Å². The second kappa shape index (κ2) is 6.35. The molecule has 2 rings (SSSR count). The van der Waals surface area contributed by atoms with Crippen LogP contribution >= 0.6 is 0 Å². The lowest BCUT2D eigenvalue weighted by Crippen LogP contribution is -2.41. The topological polar surface area (TPSA) is 60.7 Å². The minimum Gasteiger partial charge on any atom is -0.468 e. The number of hydrogen-bond acceptors (Lipinski definition) is 4. The molecule has 5 nitrogen and oxygen atoms in total. The van der Waals surface area contributed by atoms with E-state index in [9.17, 15) is 4.21 Å². The van der Waals surface area contributed by atoms with Crippen LogP contribution in [0.2, 0.25) is 6.32 Å². The molecule has 1 N–H and O–H groups in total. The zero-order valence-electron chi connectivity index (χ0n) is 15.1. The van der Waals surface area contributed by atoms with E-state index in [0.29, 0.717) is 6.32 Å². The minimum atomic E-state index is -1.21. The molecule has 1 aliphatic heterocycles. The molecule has 0 bridgehead atoms. The van der Waals surface area contributed by atoms with E-state index in [2.05, 4.69) is 4.72 Å². The first kappa shape index (κ1) is 18.7. The summed E-state index contributed by atoms with van der Waals surface area (Å²) in [5, 5.41) is 0. The molecule has 23 heavy (non-hydrogen) atoms. The van der Waals surface area contributed by atoms with Gasteiger partial charge >= 0.3 is 7.12 Å². The van der Waals surface area contributed by atoms with Crippen LogP contribution in [0.5, 0.6) is 0 Å². The normalized spacial score (nSPS) is 23.0. The van der Waals surface area contributed by atoms with Crippen LogP contribution in [-0.4, -0.2) is 27.3 Å². The number of hydrogen-bond donors (Lipinski definition) is 1. The van der Waals surface area contributed by atoms with E-state index in [0.717, 1.165) is 5.76 Å². The maximum atomic E-state index is 12.5. The predicted molar refractivity (Wildman–Crippen MR) is 93.4 cm³/mol. The molecular formula is C16H28BNO4S. The van der Waals surface area contributed by atoms with Crippen molar-refractivity contribution < 1.29 is 17.9 Å². The Hall–Kier alpha value is -0.625. The molecule has 1 saturated heterocycles. The van der Waals surface area contributed by atoms with Gasteiger partial charge in [0.15, 0.2) is 0 Å². The molecule has 0 radical (unpaired) electrons. The van der Waals surface area contributed by atoms with E-state index in [1.165, 1.54) is 0 Å². The Morgan fingerprint density at radius 2 is 1.78 bits per heavy atom. The van der Waals surface area contributed by atoms with Crippen LogP contribution in [0, 0.1) is 0 Å². The van der Waals surface area contributed by atoms with Crippen LogP contribution in [0.25, 0.3) is 0 Å².